The van der Waals surface area contributed by atoms with E-state index in [0.29, 0.717) is 12.1 Å². The number of amides is 1. The highest BCUT2D eigenvalue weighted by Gasteiger charge is 2.17. The highest BCUT2D eigenvalue weighted by Crippen LogP contribution is 2.17. The van der Waals surface area contributed by atoms with Crippen molar-refractivity contribution in [2.75, 3.05) is 6.54 Å². The van der Waals surface area contributed by atoms with E-state index in [4.69, 9.17) is 0 Å². The first-order valence-electron chi connectivity index (χ1n) is 8.84. The molecule has 1 amide bonds. The Hall–Kier alpha value is -2.40. The zero-order chi connectivity index (χ0) is 18.4. The van der Waals surface area contributed by atoms with Gasteiger partial charge >= 0.3 is 0 Å². The second kappa shape index (κ2) is 8.81. The van der Waals surface area contributed by atoms with Crippen molar-refractivity contribution in [3.05, 3.63) is 82.1 Å². The standard InChI is InChI=1S/C21H22BrN3O/c1-2-6-20-19(15-24-25(20)18-7-4-3-5-8-18)21(26)23-14-13-16-9-11-17(22)12-10-16/h3-5,7-12,15H,2,6,13-14H2,1H3,(H,23,26). The highest BCUT2D eigenvalue weighted by molar-refractivity contribution is 9.10. The number of nitrogens with zero attached hydrogens (tertiary/aromatic N) is 2. The van der Waals surface area contributed by atoms with Crippen molar-refractivity contribution in [2.24, 2.45) is 0 Å². The number of aromatic nitrogens is 2. The normalized spacial score (nSPS) is 10.7. The summed E-state index contributed by atoms with van der Waals surface area (Å²) in [6.07, 6.45) is 4.24. The molecule has 134 valence electrons. The van der Waals surface area contributed by atoms with Gasteiger partial charge in [-0.05, 0) is 42.7 Å². The Labute approximate surface area is 162 Å². The fourth-order valence-corrected chi connectivity index (χ4v) is 3.16. The third-order valence-electron chi connectivity index (χ3n) is 4.21. The number of benzene rings is 2. The Kier molecular flexibility index (Phi) is 6.23. The first-order valence-corrected chi connectivity index (χ1v) is 9.63. The molecule has 0 unspecified atom stereocenters. The second-order valence-electron chi connectivity index (χ2n) is 6.13. The minimum absolute atomic E-state index is 0.0623. The molecule has 26 heavy (non-hydrogen) atoms. The van der Waals surface area contributed by atoms with Gasteiger partial charge in [-0.1, -0.05) is 59.6 Å². The Morgan fingerprint density at radius 3 is 2.50 bits per heavy atom. The monoisotopic (exact) mass is 411 g/mol. The van der Waals surface area contributed by atoms with Gasteiger partial charge in [0.1, 0.15) is 0 Å². The van der Waals surface area contributed by atoms with Crippen LogP contribution in [-0.4, -0.2) is 22.2 Å². The van der Waals surface area contributed by atoms with E-state index in [2.05, 4.69) is 45.4 Å². The Bertz CT molecular complexity index is 857. The maximum Gasteiger partial charge on any atom is 0.254 e. The first kappa shape index (κ1) is 18.4. The lowest BCUT2D eigenvalue weighted by Gasteiger charge is -2.09. The van der Waals surface area contributed by atoms with Gasteiger partial charge in [0.05, 0.1) is 23.1 Å². The second-order valence-corrected chi connectivity index (χ2v) is 7.05. The molecule has 0 aliphatic carbocycles. The van der Waals surface area contributed by atoms with Gasteiger partial charge in [-0.25, -0.2) is 4.68 Å². The predicted octanol–water partition coefficient (Wildman–Crippen LogP) is 4.56. The van der Waals surface area contributed by atoms with Crippen LogP contribution < -0.4 is 5.32 Å². The molecule has 0 saturated carbocycles. The molecule has 0 bridgehead atoms. The molecule has 4 nitrogen and oxygen atoms in total. The number of halogens is 1. The van der Waals surface area contributed by atoms with Crippen LogP contribution in [0, 0.1) is 0 Å². The molecule has 3 rings (SSSR count). The quantitative estimate of drug-likeness (QED) is 0.619. The minimum Gasteiger partial charge on any atom is -0.352 e. The summed E-state index contributed by atoms with van der Waals surface area (Å²) in [7, 11) is 0. The highest BCUT2D eigenvalue weighted by atomic mass is 79.9. The van der Waals surface area contributed by atoms with Gasteiger partial charge in [-0.15, -0.1) is 0 Å². The fourth-order valence-electron chi connectivity index (χ4n) is 2.90. The Morgan fingerprint density at radius 2 is 1.81 bits per heavy atom. The molecular weight excluding hydrogens is 390 g/mol. The van der Waals surface area contributed by atoms with E-state index in [0.717, 1.165) is 35.1 Å². The summed E-state index contributed by atoms with van der Waals surface area (Å²) in [5.74, 6) is -0.0623. The Morgan fingerprint density at radius 1 is 1.08 bits per heavy atom. The molecular formula is C21H22BrN3O. The molecule has 2 aromatic carbocycles. The largest absolute Gasteiger partial charge is 0.352 e. The number of hydrogen-bond acceptors (Lipinski definition) is 2. The smallest absolute Gasteiger partial charge is 0.254 e. The van der Waals surface area contributed by atoms with E-state index in [1.165, 1.54) is 5.56 Å². The van der Waals surface area contributed by atoms with E-state index < -0.39 is 0 Å². The van der Waals surface area contributed by atoms with Gasteiger partial charge in [0, 0.05) is 11.0 Å². The van der Waals surface area contributed by atoms with E-state index >= 15 is 0 Å². The van der Waals surface area contributed by atoms with Crippen LogP contribution in [0.5, 0.6) is 0 Å². The third-order valence-corrected chi connectivity index (χ3v) is 4.74. The molecule has 3 aromatic rings. The average molecular weight is 412 g/mol. The number of nitrogens with one attached hydrogen (secondary N) is 1. The lowest BCUT2D eigenvalue weighted by Crippen LogP contribution is -2.26. The zero-order valence-electron chi connectivity index (χ0n) is 14.8. The van der Waals surface area contributed by atoms with Gasteiger partial charge in [-0.3, -0.25) is 4.79 Å². The molecule has 0 atom stereocenters. The number of carbonyl (C=O) groups is 1. The Balaban J connectivity index is 1.70. The van der Waals surface area contributed by atoms with Crippen LogP contribution in [0.4, 0.5) is 0 Å². The van der Waals surface area contributed by atoms with Crippen LogP contribution in [0.1, 0.15) is 35.0 Å². The van der Waals surface area contributed by atoms with E-state index in [1.807, 2.05) is 47.1 Å². The van der Waals surface area contributed by atoms with Gasteiger partial charge in [-0.2, -0.15) is 5.10 Å². The molecule has 1 aromatic heterocycles. The molecule has 0 aliphatic heterocycles. The lowest BCUT2D eigenvalue weighted by atomic mass is 10.1. The van der Waals surface area contributed by atoms with E-state index in [-0.39, 0.29) is 5.91 Å². The van der Waals surface area contributed by atoms with Crippen LogP contribution in [-0.2, 0) is 12.8 Å². The van der Waals surface area contributed by atoms with Crippen LogP contribution in [0.25, 0.3) is 5.69 Å². The van der Waals surface area contributed by atoms with Crippen molar-refractivity contribution in [3.8, 4) is 5.69 Å². The number of rotatable bonds is 7. The number of carbonyl (C=O) groups excluding carboxylic acids is 1. The minimum atomic E-state index is -0.0623. The molecule has 1 heterocycles. The molecule has 0 saturated heterocycles. The average Bonchev–Trinajstić information content (AvgIpc) is 3.08. The molecule has 0 spiro atoms. The molecule has 0 aliphatic rings. The van der Waals surface area contributed by atoms with Gasteiger partial charge in [0.15, 0.2) is 0 Å². The first-order chi connectivity index (χ1) is 12.7. The maximum atomic E-state index is 12.7. The summed E-state index contributed by atoms with van der Waals surface area (Å²) in [4.78, 5) is 12.7. The van der Waals surface area contributed by atoms with Crippen molar-refractivity contribution in [1.29, 1.82) is 0 Å². The van der Waals surface area contributed by atoms with Crippen molar-refractivity contribution >= 4 is 21.8 Å². The van der Waals surface area contributed by atoms with Crippen LogP contribution >= 0.6 is 15.9 Å². The van der Waals surface area contributed by atoms with Gasteiger partial charge < -0.3 is 5.32 Å². The van der Waals surface area contributed by atoms with Crippen molar-refractivity contribution in [2.45, 2.75) is 26.2 Å². The van der Waals surface area contributed by atoms with Gasteiger partial charge in [0.2, 0.25) is 0 Å². The fraction of sp³-hybridized carbons (Fsp3) is 0.238. The van der Waals surface area contributed by atoms with Crippen LogP contribution in [0.2, 0.25) is 0 Å². The maximum absolute atomic E-state index is 12.7. The number of para-hydroxylation sites is 1. The van der Waals surface area contributed by atoms with Crippen molar-refractivity contribution < 1.29 is 4.79 Å². The molecule has 1 N–H and O–H groups in total. The van der Waals surface area contributed by atoms with Crippen molar-refractivity contribution in [3.63, 3.8) is 0 Å². The summed E-state index contributed by atoms with van der Waals surface area (Å²) >= 11 is 3.43. The topological polar surface area (TPSA) is 46.9 Å². The van der Waals surface area contributed by atoms with Gasteiger partial charge in [0.25, 0.3) is 5.91 Å². The molecule has 0 fully saturated rings. The lowest BCUT2D eigenvalue weighted by molar-refractivity contribution is 0.0953. The predicted molar refractivity (Wildman–Crippen MR) is 108 cm³/mol. The SMILES string of the molecule is CCCc1c(C(=O)NCCc2ccc(Br)cc2)cnn1-c1ccccc1. The van der Waals surface area contributed by atoms with E-state index in [1.54, 1.807) is 6.20 Å². The summed E-state index contributed by atoms with van der Waals surface area (Å²) in [5.41, 5.74) is 3.79. The summed E-state index contributed by atoms with van der Waals surface area (Å²) < 4.78 is 2.93. The third kappa shape index (κ3) is 4.41. The number of hydrogen-bond donors (Lipinski definition) is 1. The summed E-state index contributed by atoms with van der Waals surface area (Å²) in [6, 6.07) is 18.1. The van der Waals surface area contributed by atoms with Crippen molar-refractivity contribution in [1.82, 2.24) is 15.1 Å². The van der Waals surface area contributed by atoms with E-state index in [9.17, 15) is 4.79 Å². The summed E-state index contributed by atoms with van der Waals surface area (Å²) in [6.45, 7) is 2.71. The van der Waals surface area contributed by atoms with Crippen LogP contribution in [0.3, 0.4) is 0 Å². The summed E-state index contributed by atoms with van der Waals surface area (Å²) in [5, 5.41) is 7.47. The zero-order valence-corrected chi connectivity index (χ0v) is 16.4. The van der Waals surface area contributed by atoms with Crippen LogP contribution in [0.15, 0.2) is 65.3 Å². The molecule has 5 heteroatoms. The molecule has 0 radical (unpaired) electrons.